The molecule has 1 aliphatic rings. The standard InChI is InChI=1S/C13H18ClNO4S2/c1-20(16,17)11-5-6-12(13(8-11)21(2,18)19)15-7-3-4-10(15)9-14/h5-6,8,10H,3-4,7,9H2,1-2H3. The zero-order valence-electron chi connectivity index (χ0n) is 11.9. The number of halogens is 1. The fourth-order valence-electron chi connectivity index (χ4n) is 2.57. The minimum atomic E-state index is -3.53. The van der Waals surface area contributed by atoms with Crippen LogP contribution in [0.5, 0.6) is 0 Å². The zero-order chi connectivity index (χ0) is 15.8. The van der Waals surface area contributed by atoms with Gasteiger partial charge in [0.2, 0.25) is 0 Å². The molecule has 0 amide bonds. The van der Waals surface area contributed by atoms with Crippen LogP contribution >= 0.6 is 11.6 Å². The molecular weight excluding hydrogens is 334 g/mol. The Balaban J connectivity index is 2.62. The smallest absolute Gasteiger partial charge is 0.177 e. The number of alkyl halides is 1. The van der Waals surface area contributed by atoms with Crippen LogP contribution in [0.4, 0.5) is 5.69 Å². The highest BCUT2D eigenvalue weighted by Gasteiger charge is 2.28. The molecule has 0 aliphatic carbocycles. The van der Waals surface area contributed by atoms with Gasteiger partial charge < -0.3 is 4.90 Å². The van der Waals surface area contributed by atoms with E-state index < -0.39 is 19.7 Å². The number of benzene rings is 1. The monoisotopic (exact) mass is 351 g/mol. The molecule has 8 heteroatoms. The van der Waals surface area contributed by atoms with E-state index >= 15 is 0 Å². The highest BCUT2D eigenvalue weighted by atomic mass is 35.5. The fraction of sp³-hybridized carbons (Fsp3) is 0.538. The number of nitrogens with zero attached hydrogens (tertiary/aromatic N) is 1. The van der Waals surface area contributed by atoms with Crippen LogP contribution in [0.2, 0.25) is 0 Å². The van der Waals surface area contributed by atoms with Gasteiger partial charge in [0.15, 0.2) is 19.7 Å². The van der Waals surface area contributed by atoms with Gasteiger partial charge >= 0.3 is 0 Å². The molecule has 5 nitrogen and oxygen atoms in total. The lowest BCUT2D eigenvalue weighted by atomic mass is 10.2. The van der Waals surface area contributed by atoms with E-state index in [1.807, 2.05) is 4.90 Å². The Kier molecular flexibility index (Phi) is 4.56. The first-order chi connectivity index (χ1) is 9.64. The van der Waals surface area contributed by atoms with E-state index in [0.29, 0.717) is 11.6 Å². The predicted octanol–water partition coefficient (Wildman–Crippen LogP) is 1.70. The fourth-order valence-corrected chi connectivity index (χ4v) is 4.52. The van der Waals surface area contributed by atoms with Crippen LogP contribution in [0, 0.1) is 0 Å². The van der Waals surface area contributed by atoms with Gasteiger partial charge in [0, 0.05) is 31.0 Å². The number of anilines is 1. The van der Waals surface area contributed by atoms with Crippen LogP contribution < -0.4 is 4.90 Å². The minimum Gasteiger partial charge on any atom is -0.366 e. The van der Waals surface area contributed by atoms with E-state index in [9.17, 15) is 16.8 Å². The number of hydrogen-bond acceptors (Lipinski definition) is 5. The van der Waals surface area contributed by atoms with Crippen LogP contribution in [0.15, 0.2) is 28.0 Å². The molecule has 1 aromatic carbocycles. The van der Waals surface area contributed by atoms with E-state index in [1.165, 1.54) is 12.1 Å². The van der Waals surface area contributed by atoms with Crippen LogP contribution in [-0.2, 0) is 19.7 Å². The van der Waals surface area contributed by atoms with Crippen molar-refractivity contribution < 1.29 is 16.8 Å². The first kappa shape index (κ1) is 16.6. The van der Waals surface area contributed by atoms with Crippen molar-refractivity contribution in [3.05, 3.63) is 18.2 Å². The maximum absolute atomic E-state index is 12.0. The SMILES string of the molecule is CS(=O)(=O)c1ccc(N2CCCC2CCl)c(S(C)(=O)=O)c1. The van der Waals surface area contributed by atoms with Crippen molar-refractivity contribution in [3.63, 3.8) is 0 Å². The second-order valence-electron chi connectivity index (χ2n) is 5.32. The van der Waals surface area contributed by atoms with Gasteiger partial charge in [-0.05, 0) is 31.0 Å². The average Bonchev–Trinajstić information content (AvgIpc) is 2.84. The molecule has 1 unspecified atom stereocenters. The quantitative estimate of drug-likeness (QED) is 0.772. The Morgan fingerprint density at radius 2 is 1.86 bits per heavy atom. The normalized spacial score (nSPS) is 20.0. The molecule has 0 bridgehead atoms. The first-order valence-electron chi connectivity index (χ1n) is 6.51. The summed E-state index contributed by atoms with van der Waals surface area (Å²) in [6, 6.07) is 4.33. The minimum absolute atomic E-state index is 0.00768. The second kappa shape index (κ2) is 5.78. The van der Waals surface area contributed by atoms with Crippen molar-refractivity contribution in [3.8, 4) is 0 Å². The van der Waals surface area contributed by atoms with E-state index in [2.05, 4.69) is 0 Å². The Hall–Kier alpha value is -0.790. The van der Waals surface area contributed by atoms with E-state index in [-0.39, 0.29) is 15.8 Å². The Bertz CT molecular complexity index is 743. The molecule has 1 fully saturated rings. The number of hydrogen-bond donors (Lipinski definition) is 0. The Morgan fingerprint density at radius 3 is 2.38 bits per heavy atom. The third kappa shape index (κ3) is 3.52. The van der Waals surface area contributed by atoms with Crippen molar-refractivity contribution in [2.75, 3.05) is 29.8 Å². The van der Waals surface area contributed by atoms with Gasteiger partial charge in [-0.1, -0.05) is 0 Å². The molecule has 1 saturated heterocycles. The van der Waals surface area contributed by atoms with Crippen molar-refractivity contribution >= 4 is 37.0 Å². The van der Waals surface area contributed by atoms with E-state index in [0.717, 1.165) is 31.9 Å². The van der Waals surface area contributed by atoms with Crippen molar-refractivity contribution in [1.82, 2.24) is 0 Å². The molecule has 1 aliphatic heterocycles. The van der Waals surface area contributed by atoms with Gasteiger partial charge in [-0.3, -0.25) is 0 Å². The zero-order valence-corrected chi connectivity index (χ0v) is 14.3. The lowest BCUT2D eigenvalue weighted by Gasteiger charge is -2.27. The highest BCUT2D eigenvalue weighted by Crippen LogP contribution is 2.33. The van der Waals surface area contributed by atoms with E-state index in [4.69, 9.17) is 11.6 Å². The summed E-state index contributed by atoms with van der Waals surface area (Å²) in [6.45, 7) is 0.720. The molecule has 118 valence electrons. The van der Waals surface area contributed by atoms with Crippen LogP contribution in [0.1, 0.15) is 12.8 Å². The summed E-state index contributed by atoms with van der Waals surface area (Å²) in [4.78, 5) is 2.01. The molecule has 21 heavy (non-hydrogen) atoms. The van der Waals surface area contributed by atoms with Gasteiger partial charge in [0.1, 0.15) is 0 Å². The molecular formula is C13H18ClNO4S2. The van der Waals surface area contributed by atoms with E-state index in [1.54, 1.807) is 6.07 Å². The predicted molar refractivity (Wildman–Crippen MR) is 83.7 cm³/mol. The molecule has 0 aromatic heterocycles. The summed E-state index contributed by atoms with van der Waals surface area (Å²) in [6.07, 6.45) is 3.99. The summed E-state index contributed by atoms with van der Waals surface area (Å²) >= 11 is 5.94. The summed E-state index contributed by atoms with van der Waals surface area (Å²) in [5.41, 5.74) is 0.535. The van der Waals surface area contributed by atoms with Crippen molar-refractivity contribution in [2.24, 2.45) is 0 Å². The summed E-state index contributed by atoms with van der Waals surface area (Å²) in [7, 11) is -6.99. The second-order valence-corrected chi connectivity index (χ2v) is 9.63. The molecule has 0 radical (unpaired) electrons. The van der Waals surface area contributed by atoms with Crippen LogP contribution in [0.3, 0.4) is 0 Å². The molecule has 0 N–H and O–H groups in total. The lowest BCUT2D eigenvalue weighted by molar-refractivity contribution is 0.599. The molecule has 1 atom stereocenters. The number of sulfone groups is 2. The Morgan fingerprint density at radius 1 is 1.19 bits per heavy atom. The highest BCUT2D eigenvalue weighted by molar-refractivity contribution is 7.91. The van der Waals surface area contributed by atoms with Gasteiger partial charge in [-0.25, -0.2) is 16.8 Å². The maximum Gasteiger partial charge on any atom is 0.177 e. The van der Waals surface area contributed by atoms with Crippen LogP contribution in [0.25, 0.3) is 0 Å². The Labute approximate surface area is 130 Å². The summed E-state index contributed by atoms with van der Waals surface area (Å²) in [5, 5.41) is 0. The topological polar surface area (TPSA) is 71.5 Å². The summed E-state index contributed by atoms with van der Waals surface area (Å²) in [5.74, 6) is 0.414. The van der Waals surface area contributed by atoms with Crippen molar-refractivity contribution in [1.29, 1.82) is 0 Å². The molecule has 1 heterocycles. The molecule has 0 saturated carbocycles. The lowest BCUT2D eigenvalue weighted by Crippen LogP contribution is -2.31. The first-order valence-corrected chi connectivity index (χ1v) is 10.8. The third-order valence-electron chi connectivity index (χ3n) is 3.62. The van der Waals surface area contributed by atoms with Gasteiger partial charge in [-0.2, -0.15) is 0 Å². The average molecular weight is 352 g/mol. The maximum atomic E-state index is 12.0. The van der Waals surface area contributed by atoms with Gasteiger partial charge in [0.25, 0.3) is 0 Å². The largest absolute Gasteiger partial charge is 0.366 e. The summed E-state index contributed by atoms with van der Waals surface area (Å²) < 4.78 is 47.3. The molecule has 1 aromatic rings. The third-order valence-corrected chi connectivity index (χ3v) is 6.22. The van der Waals surface area contributed by atoms with Gasteiger partial charge in [-0.15, -0.1) is 11.6 Å². The number of rotatable bonds is 4. The van der Waals surface area contributed by atoms with Crippen LogP contribution in [-0.4, -0.2) is 47.8 Å². The molecule has 0 spiro atoms. The van der Waals surface area contributed by atoms with Gasteiger partial charge in [0.05, 0.1) is 15.5 Å². The van der Waals surface area contributed by atoms with Crippen molar-refractivity contribution in [2.45, 2.75) is 28.7 Å². The molecule has 2 rings (SSSR count).